The number of nitrogens with two attached hydrogens (primary N) is 1. The third-order valence-electron chi connectivity index (χ3n) is 2.11. The van der Waals surface area contributed by atoms with Crippen molar-refractivity contribution in [3.8, 4) is 0 Å². The van der Waals surface area contributed by atoms with Crippen LogP contribution in [0.1, 0.15) is 11.6 Å². The van der Waals surface area contributed by atoms with Crippen molar-refractivity contribution in [2.24, 2.45) is 5.73 Å². The summed E-state index contributed by atoms with van der Waals surface area (Å²) in [4.78, 5) is 0. The van der Waals surface area contributed by atoms with Gasteiger partial charge >= 0.3 is 0 Å². The fourth-order valence-electron chi connectivity index (χ4n) is 1.38. The van der Waals surface area contributed by atoms with Crippen LogP contribution in [-0.4, -0.2) is 11.7 Å². The summed E-state index contributed by atoms with van der Waals surface area (Å²) in [7, 11) is 0. The van der Waals surface area contributed by atoms with Crippen LogP contribution < -0.4 is 5.73 Å². The van der Waals surface area contributed by atoms with E-state index >= 15 is 0 Å². The first-order valence-electron chi connectivity index (χ1n) is 4.15. The zero-order valence-electron chi connectivity index (χ0n) is 7.10. The summed E-state index contributed by atoms with van der Waals surface area (Å²) in [5.41, 5.74) is 7.36. The highest BCUT2D eigenvalue weighted by atomic mass is 16.3. The molecule has 0 saturated carbocycles. The molecule has 0 amide bonds. The van der Waals surface area contributed by atoms with Gasteiger partial charge in [-0.25, -0.2) is 0 Å². The Kier molecular flexibility index (Phi) is 2.04. The second kappa shape index (κ2) is 3.20. The van der Waals surface area contributed by atoms with Crippen LogP contribution in [0.3, 0.4) is 0 Å². The Morgan fingerprint density at radius 3 is 2.92 bits per heavy atom. The Bertz CT molecular complexity index is 408. The number of rotatable bonds is 2. The molecule has 2 aromatic rings. The van der Waals surface area contributed by atoms with Gasteiger partial charge in [0.2, 0.25) is 0 Å². The second-order valence-corrected chi connectivity index (χ2v) is 2.98. The summed E-state index contributed by atoms with van der Waals surface area (Å²) in [5.74, 6) is 0. The van der Waals surface area contributed by atoms with Gasteiger partial charge in [0.25, 0.3) is 0 Å². The van der Waals surface area contributed by atoms with Crippen molar-refractivity contribution in [1.29, 1.82) is 0 Å². The molecule has 3 heteroatoms. The van der Waals surface area contributed by atoms with Crippen molar-refractivity contribution in [3.63, 3.8) is 0 Å². The maximum atomic E-state index is 8.90. The summed E-state index contributed by atoms with van der Waals surface area (Å²) in [6.07, 6.45) is 1.60. The topological polar surface area (TPSA) is 59.4 Å². The van der Waals surface area contributed by atoms with Crippen LogP contribution in [0.5, 0.6) is 0 Å². The van der Waals surface area contributed by atoms with Crippen molar-refractivity contribution < 1.29 is 9.52 Å². The minimum Gasteiger partial charge on any atom is -0.464 e. The summed E-state index contributed by atoms with van der Waals surface area (Å²) >= 11 is 0. The van der Waals surface area contributed by atoms with E-state index in [1.54, 1.807) is 6.26 Å². The zero-order chi connectivity index (χ0) is 9.26. The maximum absolute atomic E-state index is 8.90. The highest BCUT2D eigenvalue weighted by Crippen LogP contribution is 2.24. The lowest BCUT2D eigenvalue weighted by Crippen LogP contribution is -2.13. The Morgan fingerprint density at radius 1 is 1.38 bits per heavy atom. The molecule has 1 aromatic heterocycles. The lowest BCUT2D eigenvalue weighted by molar-refractivity contribution is 0.268. The molecule has 3 N–H and O–H groups in total. The summed E-state index contributed by atoms with van der Waals surface area (Å²) in [6.45, 7) is -0.0659. The molecular formula is C10H11NO2. The smallest absolute Gasteiger partial charge is 0.134 e. The molecule has 0 fully saturated rings. The average Bonchev–Trinajstić information content (AvgIpc) is 2.60. The number of benzene rings is 1. The number of para-hydroxylation sites is 1. The van der Waals surface area contributed by atoms with Crippen LogP contribution in [0.25, 0.3) is 11.0 Å². The first-order valence-corrected chi connectivity index (χ1v) is 4.15. The fourth-order valence-corrected chi connectivity index (χ4v) is 1.38. The van der Waals surface area contributed by atoms with E-state index in [1.807, 2.05) is 24.3 Å². The van der Waals surface area contributed by atoms with Crippen LogP contribution in [0, 0.1) is 0 Å². The Labute approximate surface area is 75.8 Å². The Balaban J connectivity index is 2.57. The average molecular weight is 177 g/mol. The number of hydrogen-bond donors (Lipinski definition) is 2. The SMILES string of the molecule is NC(CO)c1coc2ccccc12. The monoisotopic (exact) mass is 177 g/mol. The van der Waals surface area contributed by atoms with E-state index in [2.05, 4.69) is 0 Å². The van der Waals surface area contributed by atoms with E-state index < -0.39 is 0 Å². The number of fused-ring (bicyclic) bond motifs is 1. The zero-order valence-corrected chi connectivity index (χ0v) is 7.10. The molecule has 1 heterocycles. The summed E-state index contributed by atoms with van der Waals surface area (Å²) in [6, 6.07) is 7.28. The van der Waals surface area contributed by atoms with Crippen molar-refractivity contribution >= 4 is 11.0 Å². The molecular weight excluding hydrogens is 166 g/mol. The van der Waals surface area contributed by atoms with Crippen LogP contribution in [-0.2, 0) is 0 Å². The van der Waals surface area contributed by atoms with Crippen molar-refractivity contribution in [2.75, 3.05) is 6.61 Å². The standard InChI is InChI=1S/C10H11NO2/c11-9(5-12)8-6-13-10-4-2-1-3-7(8)10/h1-4,6,9,12H,5,11H2. The van der Waals surface area contributed by atoms with Crippen LogP contribution in [0.15, 0.2) is 34.9 Å². The van der Waals surface area contributed by atoms with Crippen LogP contribution >= 0.6 is 0 Å². The largest absolute Gasteiger partial charge is 0.464 e. The molecule has 68 valence electrons. The Morgan fingerprint density at radius 2 is 2.15 bits per heavy atom. The summed E-state index contributed by atoms with van der Waals surface area (Å²) < 4.78 is 5.28. The van der Waals surface area contributed by atoms with Crippen molar-refractivity contribution in [3.05, 3.63) is 36.1 Å². The molecule has 1 aromatic carbocycles. The third kappa shape index (κ3) is 1.32. The fraction of sp³-hybridized carbons (Fsp3) is 0.200. The molecule has 0 aliphatic heterocycles. The van der Waals surface area contributed by atoms with E-state index in [1.165, 1.54) is 0 Å². The number of aliphatic hydroxyl groups excluding tert-OH is 1. The molecule has 1 atom stereocenters. The minimum atomic E-state index is -0.358. The molecule has 0 aliphatic carbocycles. The van der Waals surface area contributed by atoms with Gasteiger partial charge in [-0.15, -0.1) is 0 Å². The predicted octanol–water partition coefficient (Wildman–Crippen LogP) is 1.42. The molecule has 0 saturated heterocycles. The number of furan rings is 1. The lowest BCUT2D eigenvalue weighted by Gasteiger charge is -2.04. The number of aliphatic hydroxyl groups is 1. The van der Waals surface area contributed by atoms with Gasteiger partial charge in [0.15, 0.2) is 0 Å². The van der Waals surface area contributed by atoms with E-state index in [9.17, 15) is 0 Å². The van der Waals surface area contributed by atoms with Gasteiger partial charge in [-0.1, -0.05) is 18.2 Å². The van der Waals surface area contributed by atoms with E-state index in [-0.39, 0.29) is 12.6 Å². The Hall–Kier alpha value is -1.32. The van der Waals surface area contributed by atoms with Gasteiger partial charge in [-0.05, 0) is 6.07 Å². The first kappa shape index (κ1) is 8.29. The van der Waals surface area contributed by atoms with Crippen LogP contribution in [0.2, 0.25) is 0 Å². The van der Waals surface area contributed by atoms with Gasteiger partial charge in [0, 0.05) is 10.9 Å². The normalized spacial score (nSPS) is 13.4. The minimum absolute atomic E-state index is 0.0659. The number of hydrogen-bond acceptors (Lipinski definition) is 3. The molecule has 3 nitrogen and oxygen atoms in total. The van der Waals surface area contributed by atoms with Crippen molar-refractivity contribution in [2.45, 2.75) is 6.04 Å². The van der Waals surface area contributed by atoms with E-state index in [0.29, 0.717) is 0 Å². The predicted molar refractivity (Wildman–Crippen MR) is 50.2 cm³/mol. The van der Waals surface area contributed by atoms with Gasteiger partial charge in [-0.2, -0.15) is 0 Å². The molecule has 2 rings (SSSR count). The van der Waals surface area contributed by atoms with Gasteiger partial charge in [0.1, 0.15) is 5.58 Å². The summed E-state index contributed by atoms with van der Waals surface area (Å²) in [5, 5.41) is 9.88. The van der Waals surface area contributed by atoms with Gasteiger partial charge in [-0.3, -0.25) is 0 Å². The highest BCUT2D eigenvalue weighted by Gasteiger charge is 2.11. The van der Waals surface area contributed by atoms with Gasteiger partial charge < -0.3 is 15.3 Å². The first-order chi connectivity index (χ1) is 6.33. The maximum Gasteiger partial charge on any atom is 0.134 e. The molecule has 0 spiro atoms. The molecule has 0 radical (unpaired) electrons. The van der Waals surface area contributed by atoms with Crippen molar-refractivity contribution in [1.82, 2.24) is 0 Å². The lowest BCUT2D eigenvalue weighted by atomic mass is 10.1. The highest BCUT2D eigenvalue weighted by molar-refractivity contribution is 5.81. The van der Waals surface area contributed by atoms with E-state index in [0.717, 1.165) is 16.5 Å². The molecule has 13 heavy (non-hydrogen) atoms. The quantitative estimate of drug-likeness (QED) is 0.729. The molecule has 0 aliphatic rings. The second-order valence-electron chi connectivity index (χ2n) is 2.98. The molecule has 0 bridgehead atoms. The molecule has 1 unspecified atom stereocenters. The van der Waals surface area contributed by atoms with Gasteiger partial charge in [0.05, 0.1) is 18.9 Å². The third-order valence-corrected chi connectivity index (χ3v) is 2.11. The van der Waals surface area contributed by atoms with E-state index in [4.69, 9.17) is 15.3 Å². The van der Waals surface area contributed by atoms with Crippen LogP contribution in [0.4, 0.5) is 0 Å².